The lowest BCUT2D eigenvalue weighted by atomic mass is 10.2. The Bertz CT molecular complexity index is 663. The molecule has 0 unspecified atom stereocenters. The molecule has 20 heavy (non-hydrogen) atoms. The van der Waals surface area contributed by atoms with Crippen molar-refractivity contribution in [3.8, 4) is 0 Å². The van der Waals surface area contributed by atoms with Crippen molar-refractivity contribution in [2.24, 2.45) is 0 Å². The van der Waals surface area contributed by atoms with Crippen molar-refractivity contribution < 1.29 is 14.7 Å². The Morgan fingerprint density at radius 1 is 1.35 bits per heavy atom. The number of carbonyl (C=O) groups excluding carboxylic acids is 1. The maximum atomic E-state index is 11.8. The molecule has 0 aliphatic heterocycles. The number of pyridine rings is 1. The molecule has 102 valence electrons. The summed E-state index contributed by atoms with van der Waals surface area (Å²) in [6.45, 7) is 0.0775. The predicted octanol–water partition coefficient (Wildman–Crippen LogP) is 1.15. The second-order valence-electron chi connectivity index (χ2n) is 3.75. The standard InChI is InChI=1S/C12H9ClN4O3/c13-10-6-14-5-9(17-10)11(18)16-4-8-3-7(12(19)20)1-2-15-8/h1-3,5-6H,4H2,(H,16,18)(H,19,20). The first-order valence-electron chi connectivity index (χ1n) is 5.50. The van der Waals surface area contributed by atoms with Crippen LogP contribution in [0.25, 0.3) is 0 Å². The molecule has 0 atom stereocenters. The molecule has 8 heteroatoms. The molecule has 0 aliphatic rings. The minimum Gasteiger partial charge on any atom is -0.478 e. The van der Waals surface area contributed by atoms with Crippen molar-refractivity contribution in [3.63, 3.8) is 0 Å². The molecular formula is C12H9ClN4O3. The van der Waals surface area contributed by atoms with Crippen molar-refractivity contribution in [1.29, 1.82) is 0 Å². The summed E-state index contributed by atoms with van der Waals surface area (Å²) in [5, 5.41) is 11.5. The number of hydrogen-bond acceptors (Lipinski definition) is 5. The van der Waals surface area contributed by atoms with Crippen molar-refractivity contribution in [3.05, 3.63) is 52.8 Å². The second-order valence-corrected chi connectivity index (χ2v) is 4.14. The Balaban J connectivity index is 2.03. The van der Waals surface area contributed by atoms with Gasteiger partial charge in [-0.25, -0.2) is 9.78 Å². The van der Waals surface area contributed by atoms with Crippen LogP contribution in [0.2, 0.25) is 5.15 Å². The number of carboxylic acid groups (broad SMARTS) is 1. The summed E-state index contributed by atoms with van der Waals surface area (Å²) in [6.07, 6.45) is 3.96. The van der Waals surface area contributed by atoms with Gasteiger partial charge in [0.05, 0.1) is 30.2 Å². The molecule has 2 rings (SSSR count). The van der Waals surface area contributed by atoms with E-state index in [1.807, 2.05) is 0 Å². The minimum absolute atomic E-state index is 0.0758. The zero-order valence-corrected chi connectivity index (χ0v) is 10.8. The van der Waals surface area contributed by atoms with Gasteiger partial charge in [0.2, 0.25) is 0 Å². The summed E-state index contributed by atoms with van der Waals surface area (Å²) >= 11 is 5.63. The number of hydrogen-bond donors (Lipinski definition) is 2. The average Bonchev–Trinajstić information content (AvgIpc) is 2.45. The van der Waals surface area contributed by atoms with Crippen LogP contribution in [0, 0.1) is 0 Å². The Kier molecular flexibility index (Phi) is 4.21. The van der Waals surface area contributed by atoms with E-state index >= 15 is 0 Å². The zero-order chi connectivity index (χ0) is 14.5. The topological polar surface area (TPSA) is 105 Å². The predicted molar refractivity (Wildman–Crippen MR) is 69.4 cm³/mol. The third kappa shape index (κ3) is 3.48. The molecule has 0 radical (unpaired) electrons. The molecule has 0 spiro atoms. The van der Waals surface area contributed by atoms with Gasteiger partial charge >= 0.3 is 5.97 Å². The Hall–Kier alpha value is -2.54. The fourth-order valence-electron chi connectivity index (χ4n) is 1.42. The van der Waals surface area contributed by atoms with Crippen LogP contribution in [0.4, 0.5) is 0 Å². The van der Waals surface area contributed by atoms with Gasteiger partial charge < -0.3 is 10.4 Å². The van der Waals surface area contributed by atoms with Crippen LogP contribution in [0.15, 0.2) is 30.7 Å². The lowest BCUT2D eigenvalue weighted by Crippen LogP contribution is -2.24. The van der Waals surface area contributed by atoms with Crippen LogP contribution in [0.1, 0.15) is 26.5 Å². The molecule has 0 aliphatic carbocycles. The van der Waals surface area contributed by atoms with E-state index in [1.165, 1.54) is 30.7 Å². The first-order valence-corrected chi connectivity index (χ1v) is 5.88. The summed E-state index contributed by atoms with van der Waals surface area (Å²) in [7, 11) is 0. The molecule has 2 aromatic rings. The fraction of sp³-hybridized carbons (Fsp3) is 0.0833. The van der Waals surface area contributed by atoms with Crippen LogP contribution in [-0.2, 0) is 6.54 Å². The van der Waals surface area contributed by atoms with E-state index in [9.17, 15) is 9.59 Å². The molecule has 0 aromatic carbocycles. The lowest BCUT2D eigenvalue weighted by Gasteiger charge is -2.04. The number of nitrogens with zero attached hydrogens (tertiary/aromatic N) is 3. The Morgan fingerprint density at radius 2 is 2.15 bits per heavy atom. The molecule has 0 fully saturated rings. The molecule has 2 heterocycles. The van der Waals surface area contributed by atoms with E-state index < -0.39 is 11.9 Å². The highest BCUT2D eigenvalue weighted by molar-refractivity contribution is 6.29. The summed E-state index contributed by atoms with van der Waals surface area (Å²) in [5.41, 5.74) is 0.604. The fourth-order valence-corrected chi connectivity index (χ4v) is 1.57. The van der Waals surface area contributed by atoms with E-state index in [0.29, 0.717) is 5.69 Å². The smallest absolute Gasteiger partial charge is 0.335 e. The number of carboxylic acids is 1. The van der Waals surface area contributed by atoms with Crippen molar-refractivity contribution in [1.82, 2.24) is 20.3 Å². The molecule has 0 saturated carbocycles. The minimum atomic E-state index is -1.05. The van der Waals surface area contributed by atoms with Crippen molar-refractivity contribution >= 4 is 23.5 Å². The molecule has 2 aromatic heterocycles. The molecule has 1 amide bonds. The highest BCUT2D eigenvalue weighted by Gasteiger charge is 2.09. The molecule has 0 saturated heterocycles. The van der Waals surface area contributed by atoms with E-state index in [0.717, 1.165) is 0 Å². The van der Waals surface area contributed by atoms with E-state index in [4.69, 9.17) is 16.7 Å². The largest absolute Gasteiger partial charge is 0.478 e. The molecule has 2 N–H and O–H groups in total. The van der Waals surface area contributed by atoms with Gasteiger partial charge in [0.25, 0.3) is 5.91 Å². The van der Waals surface area contributed by atoms with Crippen LogP contribution in [0.3, 0.4) is 0 Å². The third-order valence-corrected chi connectivity index (χ3v) is 2.51. The second kappa shape index (κ2) is 6.07. The SMILES string of the molecule is O=C(O)c1ccnc(CNC(=O)c2cncc(Cl)n2)c1. The van der Waals surface area contributed by atoms with Crippen LogP contribution in [0.5, 0.6) is 0 Å². The third-order valence-electron chi connectivity index (χ3n) is 2.33. The van der Waals surface area contributed by atoms with Gasteiger partial charge in [0, 0.05) is 6.20 Å². The van der Waals surface area contributed by atoms with Gasteiger partial charge in [-0.3, -0.25) is 14.8 Å². The number of nitrogens with one attached hydrogen (secondary N) is 1. The number of halogens is 1. The van der Waals surface area contributed by atoms with Crippen LogP contribution in [-0.4, -0.2) is 31.9 Å². The van der Waals surface area contributed by atoms with Gasteiger partial charge in [-0.05, 0) is 12.1 Å². The summed E-state index contributed by atoms with van der Waals surface area (Å²) in [6, 6.07) is 2.75. The Morgan fingerprint density at radius 3 is 2.85 bits per heavy atom. The molecular weight excluding hydrogens is 284 g/mol. The van der Waals surface area contributed by atoms with Crippen molar-refractivity contribution in [2.45, 2.75) is 6.54 Å². The highest BCUT2D eigenvalue weighted by atomic mass is 35.5. The number of carbonyl (C=O) groups is 2. The van der Waals surface area contributed by atoms with Gasteiger partial charge in [0.15, 0.2) is 0 Å². The van der Waals surface area contributed by atoms with E-state index in [1.54, 1.807) is 0 Å². The average molecular weight is 293 g/mol. The normalized spacial score (nSPS) is 10.1. The molecule has 7 nitrogen and oxygen atoms in total. The van der Waals surface area contributed by atoms with E-state index in [2.05, 4.69) is 20.3 Å². The summed E-state index contributed by atoms with van der Waals surface area (Å²) in [5.74, 6) is -1.52. The highest BCUT2D eigenvalue weighted by Crippen LogP contribution is 2.04. The first-order chi connectivity index (χ1) is 9.56. The number of rotatable bonds is 4. The van der Waals surface area contributed by atoms with Gasteiger partial charge in [-0.15, -0.1) is 0 Å². The number of aromatic carboxylic acids is 1. The number of aromatic nitrogens is 3. The molecule has 0 bridgehead atoms. The zero-order valence-electron chi connectivity index (χ0n) is 10.1. The van der Waals surface area contributed by atoms with Crippen LogP contribution >= 0.6 is 11.6 Å². The van der Waals surface area contributed by atoms with Gasteiger partial charge in [-0.2, -0.15) is 0 Å². The first kappa shape index (κ1) is 13.9. The van der Waals surface area contributed by atoms with Gasteiger partial charge in [0.1, 0.15) is 10.8 Å². The maximum absolute atomic E-state index is 11.8. The summed E-state index contributed by atoms with van der Waals surface area (Å²) in [4.78, 5) is 34.1. The van der Waals surface area contributed by atoms with E-state index in [-0.39, 0.29) is 23.0 Å². The van der Waals surface area contributed by atoms with Crippen LogP contribution < -0.4 is 5.32 Å². The lowest BCUT2D eigenvalue weighted by molar-refractivity contribution is 0.0696. The monoisotopic (exact) mass is 292 g/mol. The van der Waals surface area contributed by atoms with Gasteiger partial charge in [-0.1, -0.05) is 11.6 Å². The summed E-state index contributed by atoms with van der Waals surface area (Å²) < 4.78 is 0. The quantitative estimate of drug-likeness (QED) is 0.876. The number of amides is 1. The maximum Gasteiger partial charge on any atom is 0.335 e. The van der Waals surface area contributed by atoms with Crippen molar-refractivity contribution in [2.75, 3.05) is 0 Å². The Labute approximate surface area is 118 Å².